The highest BCUT2D eigenvalue weighted by molar-refractivity contribution is 5.67. The van der Waals surface area contributed by atoms with Gasteiger partial charge in [-0.05, 0) is 31.9 Å². The molecule has 0 spiro atoms. The van der Waals surface area contributed by atoms with Gasteiger partial charge in [0.05, 0.1) is 13.2 Å². The van der Waals surface area contributed by atoms with Crippen molar-refractivity contribution in [2.45, 2.75) is 46.4 Å². The zero-order valence-corrected chi connectivity index (χ0v) is 14.6. The molecule has 2 N–H and O–H groups in total. The monoisotopic (exact) mass is 320 g/mol. The Hall–Kier alpha value is -1.59. The number of hydrogen-bond donors (Lipinski definition) is 2. The maximum Gasteiger partial charge on any atom is 0.407 e. The number of rotatable bonds is 6. The molecule has 1 aromatic rings. The number of nitrogens with one attached hydrogen (secondary N) is 2. The third kappa shape index (κ3) is 6.20. The summed E-state index contributed by atoms with van der Waals surface area (Å²) in [5, 5.41) is 6.23. The van der Waals surface area contributed by atoms with Crippen LogP contribution in [0.5, 0.6) is 0 Å². The summed E-state index contributed by atoms with van der Waals surface area (Å²) in [5.74, 6) is 0. The van der Waals surface area contributed by atoms with E-state index in [1.165, 1.54) is 5.56 Å². The highest BCUT2D eigenvalue weighted by Gasteiger charge is 2.32. The van der Waals surface area contributed by atoms with Gasteiger partial charge in [-0.1, -0.05) is 31.2 Å². The van der Waals surface area contributed by atoms with Gasteiger partial charge in [-0.15, -0.1) is 0 Å². The predicted octanol–water partition coefficient (Wildman–Crippen LogP) is 2.84. The second kappa shape index (κ2) is 7.32. The normalized spacial score (nSPS) is 16.5. The molecule has 0 atom stereocenters. The average Bonchev–Trinajstić information content (AvgIpc) is 2.43. The first-order valence-electron chi connectivity index (χ1n) is 8.09. The Morgan fingerprint density at radius 1 is 1.17 bits per heavy atom. The van der Waals surface area contributed by atoms with E-state index in [4.69, 9.17) is 9.47 Å². The first-order chi connectivity index (χ1) is 10.8. The molecule has 1 heterocycles. The fraction of sp³-hybridized carbons (Fsp3) is 0.611. The van der Waals surface area contributed by atoms with Gasteiger partial charge >= 0.3 is 6.09 Å². The molecule has 0 bridgehead atoms. The molecular weight excluding hydrogens is 292 g/mol. The highest BCUT2D eigenvalue weighted by Crippen LogP contribution is 2.25. The zero-order chi connectivity index (χ0) is 16.9. The first-order valence-corrected chi connectivity index (χ1v) is 8.09. The van der Waals surface area contributed by atoms with Crippen LogP contribution in [0.2, 0.25) is 0 Å². The minimum absolute atomic E-state index is 0.289. The number of alkyl carbamates (subject to hydrolysis) is 1. The molecule has 0 aromatic heterocycles. The molecule has 0 aliphatic carbocycles. The lowest BCUT2D eigenvalue weighted by molar-refractivity contribution is -0.0991. The zero-order valence-electron chi connectivity index (χ0n) is 14.6. The molecule has 23 heavy (non-hydrogen) atoms. The van der Waals surface area contributed by atoms with Gasteiger partial charge in [0.15, 0.2) is 0 Å². The molecule has 1 aliphatic heterocycles. The first kappa shape index (κ1) is 17.8. The predicted molar refractivity (Wildman–Crippen MR) is 90.1 cm³/mol. The van der Waals surface area contributed by atoms with Crippen molar-refractivity contribution < 1.29 is 14.3 Å². The van der Waals surface area contributed by atoms with Crippen LogP contribution in [0.1, 0.15) is 38.8 Å². The van der Waals surface area contributed by atoms with Crippen molar-refractivity contribution in [3.63, 3.8) is 0 Å². The van der Waals surface area contributed by atoms with E-state index >= 15 is 0 Å². The SMILES string of the molecule is CC1(CNCc2ccc(CNC(=O)OC(C)(C)C)cc2)COC1. The smallest absolute Gasteiger partial charge is 0.407 e. The van der Waals surface area contributed by atoms with Crippen molar-refractivity contribution in [2.24, 2.45) is 5.41 Å². The summed E-state index contributed by atoms with van der Waals surface area (Å²) >= 11 is 0. The maximum absolute atomic E-state index is 11.6. The molecule has 5 nitrogen and oxygen atoms in total. The van der Waals surface area contributed by atoms with E-state index < -0.39 is 5.60 Å². The molecule has 1 aliphatic rings. The summed E-state index contributed by atoms with van der Waals surface area (Å²) < 4.78 is 10.5. The van der Waals surface area contributed by atoms with Crippen molar-refractivity contribution in [1.82, 2.24) is 10.6 Å². The lowest BCUT2D eigenvalue weighted by Crippen LogP contribution is -2.47. The number of carbonyl (C=O) groups is 1. The van der Waals surface area contributed by atoms with Crippen molar-refractivity contribution in [3.05, 3.63) is 35.4 Å². The topological polar surface area (TPSA) is 59.6 Å². The van der Waals surface area contributed by atoms with Crippen LogP contribution in [0, 0.1) is 5.41 Å². The lowest BCUT2D eigenvalue weighted by atomic mass is 9.89. The largest absolute Gasteiger partial charge is 0.444 e. The summed E-state index contributed by atoms with van der Waals surface area (Å²) in [5.41, 5.74) is 2.10. The standard InChI is InChI=1S/C18H28N2O3/c1-17(2,3)23-16(21)20-10-15-7-5-14(6-8-15)9-19-11-18(4)12-22-13-18/h5-8,19H,9-13H2,1-4H3,(H,20,21). The van der Waals surface area contributed by atoms with Crippen LogP contribution in [0.25, 0.3) is 0 Å². The van der Waals surface area contributed by atoms with Gasteiger partial charge in [0.1, 0.15) is 5.60 Å². The van der Waals surface area contributed by atoms with Crippen molar-refractivity contribution in [3.8, 4) is 0 Å². The molecule has 5 heteroatoms. The quantitative estimate of drug-likeness (QED) is 0.846. The van der Waals surface area contributed by atoms with Crippen LogP contribution in [0.4, 0.5) is 4.79 Å². The van der Waals surface area contributed by atoms with Crippen molar-refractivity contribution in [2.75, 3.05) is 19.8 Å². The Morgan fingerprint density at radius 3 is 2.22 bits per heavy atom. The van der Waals surface area contributed by atoms with Gasteiger partial charge in [-0.25, -0.2) is 4.79 Å². The molecule has 128 valence electrons. The Labute approximate surface area is 138 Å². The lowest BCUT2D eigenvalue weighted by Gasteiger charge is -2.38. The van der Waals surface area contributed by atoms with E-state index in [9.17, 15) is 4.79 Å². The van der Waals surface area contributed by atoms with Gasteiger partial charge in [-0.2, -0.15) is 0 Å². The van der Waals surface area contributed by atoms with Gasteiger partial charge in [0, 0.05) is 25.0 Å². The Balaban J connectivity index is 1.70. The molecule has 1 amide bonds. The molecule has 0 unspecified atom stereocenters. The third-order valence-corrected chi connectivity index (χ3v) is 3.64. The maximum atomic E-state index is 11.6. The second-order valence-electron chi connectivity index (χ2n) is 7.58. The molecular formula is C18H28N2O3. The molecule has 1 aromatic carbocycles. The Bertz CT molecular complexity index is 516. The van der Waals surface area contributed by atoms with Crippen LogP contribution >= 0.6 is 0 Å². The minimum atomic E-state index is -0.471. The molecule has 1 saturated heterocycles. The average molecular weight is 320 g/mol. The van der Waals surface area contributed by atoms with Crippen molar-refractivity contribution in [1.29, 1.82) is 0 Å². The van der Waals surface area contributed by atoms with Crippen LogP contribution < -0.4 is 10.6 Å². The second-order valence-corrected chi connectivity index (χ2v) is 7.58. The van der Waals surface area contributed by atoms with Crippen LogP contribution in [-0.2, 0) is 22.6 Å². The van der Waals surface area contributed by atoms with E-state index in [2.05, 4.69) is 29.7 Å². The molecule has 1 fully saturated rings. The van der Waals surface area contributed by atoms with Gasteiger partial charge < -0.3 is 20.1 Å². The highest BCUT2D eigenvalue weighted by atomic mass is 16.6. The van der Waals surface area contributed by atoms with E-state index in [1.807, 2.05) is 32.9 Å². The summed E-state index contributed by atoms with van der Waals surface area (Å²) in [6.07, 6.45) is -0.390. The van der Waals surface area contributed by atoms with E-state index in [1.54, 1.807) is 0 Å². The number of hydrogen-bond acceptors (Lipinski definition) is 4. The Kier molecular flexibility index (Phi) is 5.65. The molecule has 2 rings (SSSR count). The van der Waals surface area contributed by atoms with Gasteiger partial charge in [-0.3, -0.25) is 0 Å². The minimum Gasteiger partial charge on any atom is -0.444 e. The number of carbonyl (C=O) groups excluding carboxylic acids is 1. The van der Waals surface area contributed by atoms with Crippen molar-refractivity contribution >= 4 is 6.09 Å². The summed E-state index contributed by atoms with van der Waals surface area (Å²) in [4.78, 5) is 11.6. The molecule has 0 radical (unpaired) electrons. The summed E-state index contributed by atoms with van der Waals surface area (Å²) in [6, 6.07) is 8.22. The van der Waals surface area contributed by atoms with Gasteiger partial charge in [0.2, 0.25) is 0 Å². The number of benzene rings is 1. The Morgan fingerprint density at radius 2 is 1.74 bits per heavy atom. The van der Waals surface area contributed by atoms with E-state index in [0.717, 1.165) is 31.9 Å². The van der Waals surface area contributed by atoms with Crippen LogP contribution in [-0.4, -0.2) is 31.5 Å². The fourth-order valence-electron chi connectivity index (χ4n) is 2.32. The van der Waals surface area contributed by atoms with Crippen LogP contribution in [0.15, 0.2) is 24.3 Å². The van der Waals surface area contributed by atoms with Crippen LogP contribution in [0.3, 0.4) is 0 Å². The summed E-state index contributed by atoms with van der Waals surface area (Å²) in [6.45, 7) is 11.8. The third-order valence-electron chi connectivity index (χ3n) is 3.64. The molecule has 0 saturated carbocycles. The van der Waals surface area contributed by atoms with Gasteiger partial charge in [0.25, 0.3) is 0 Å². The summed E-state index contributed by atoms with van der Waals surface area (Å²) in [7, 11) is 0. The number of ether oxygens (including phenoxy) is 2. The van der Waals surface area contributed by atoms with E-state index in [-0.39, 0.29) is 11.5 Å². The number of amides is 1. The fourth-order valence-corrected chi connectivity index (χ4v) is 2.32. The van der Waals surface area contributed by atoms with E-state index in [0.29, 0.717) is 6.54 Å².